The molecule has 0 radical (unpaired) electrons. The highest BCUT2D eigenvalue weighted by Crippen LogP contribution is 2.42. The number of pyridine rings is 1. The number of nitriles is 1. The summed E-state index contributed by atoms with van der Waals surface area (Å²) in [5.41, 5.74) is 0.247. The first-order chi connectivity index (χ1) is 14.1. The zero-order valence-corrected chi connectivity index (χ0v) is 17.2. The summed E-state index contributed by atoms with van der Waals surface area (Å²) in [6.07, 6.45) is -1.81. The van der Waals surface area contributed by atoms with Gasteiger partial charge in [-0.3, -0.25) is 4.79 Å². The lowest BCUT2D eigenvalue weighted by Crippen LogP contribution is -2.63. The van der Waals surface area contributed by atoms with E-state index in [2.05, 4.69) is 4.98 Å². The molecule has 5 nitrogen and oxygen atoms in total. The van der Waals surface area contributed by atoms with Crippen LogP contribution in [-0.4, -0.2) is 29.0 Å². The lowest BCUT2D eigenvalue weighted by atomic mass is 9.74. The third kappa shape index (κ3) is 3.75. The smallest absolute Gasteiger partial charge is 0.323 e. The average Bonchev–Trinajstić information content (AvgIpc) is 2.68. The molecule has 1 aliphatic carbocycles. The Bertz CT molecular complexity index is 1030. The first-order valence-electron chi connectivity index (χ1n) is 9.21. The lowest BCUT2D eigenvalue weighted by molar-refractivity contribution is -0.138. The van der Waals surface area contributed by atoms with Gasteiger partial charge in [-0.1, -0.05) is 24.4 Å². The van der Waals surface area contributed by atoms with Crippen molar-refractivity contribution in [2.24, 2.45) is 0 Å². The van der Waals surface area contributed by atoms with Crippen LogP contribution in [-0.2, 0) is 11.0 Å². The number of anilines is 2. The van der Waals surface area contributed by atoms with Gasteiger partial charge in [0.25, 0.3) is 5.91 Å². The minimum atomic E-state index is -4.76. The van der Waals surface area contributed by atoms with Crippen LogP contribution in [0.5, 0.6) is 0 Å². The third-order valence-electron chi connectivity index (χ3n) is 5.40. The Kier molecular flexibility index (Phi) is 5.81. The fourth-order valence-electron chi connectivity index (χ4n) is 3.63. The molecule has 1 aromatic carbocycles. The number of carbonyl (C=O) groups is 1. The maximum absolute atomic E-state index is 13.5. The summed E-state index contributed by atoms with van der Waals surface area (Å²) in [6.45, 7) is 1.92. The maximum Gasteiger partial charge on any atom is 0.419 e. The van der Waals surface area contributed by atoms with E-state index in [9.17, 15) is 18.0 Å². The third-order valence-corrected chi connectivity index (χ3v) is 5.61. The van der Waals surface area contributed by atoms with Crippen LogP contribution in [0.4, 0.5) is 24.5 Å². The molecule has 1 aliphatic rings. The van der Waals surface area contributed by atoms with E-state index in [-0.39, 0.29) is 11.6 Å². The van der Waals surface area contributed by atoms with Crippen molar-refractivity contribution < 1.29 is 18.0 Å². The van der Waals surface area contributed by atoms with Crippen LogP contribution in [0.2, 0.25) is 0 Å². The van der Waals surface area contributed by atoms with E-state index in [0.29, 0.717) is 12.8 Å². The van der Waals surface area contributed by atoms with Gasteiger partial charge in [-0.2, -0.15) is 18.4 Å². The monoisotopic (exact) mass is 432 g/mol. The number of hydrogen-bond donors (Lipinski definition) is 0. The van der Waals surface area contributed by atoms with Crippen molar-refractivity contribution in [3.8, 4) is 6.07 Å². The average molecular weight is 432 g/mol. The van der Waals surface area contributed by atoms with E-state index in [1.165, 1.54) is 18.6 Å². The van der Waals surface area contributed by atoms with Gasteiger partial charge in [0.15, 0.2) is 5.69 Å². The summed E-state index contributed by atoms with van der Waals surface area (Å²) in [6, 6.07) is 9.75. The molecule has 0 bridgehead atoms. The quantitative estimate of drug-likeness (QED) is 0.645. The number of benzene rings is 1. The Labute approximate surface area is 177 Å². The van der Waals surface area contributed by atoms with E-state index in [1.54, 1.807) is 4.90 Å². The molecule has 0 atom stereocenters. The van der Waals surface area contributed by atoms with Gasteiger partial charge in [0, 0.05) is 12.7 Å². The maximum atomic E-state index is 13.5. The number of alkyl halides is 3. The van der Waals surface area contributed by atoms with Gasteiger partial charge in [0.1, 0.15) is 11.6 Å². The van der Waals surface area contributed by atoms with Crippen molar-refractivity contribution in [2.75, 3.05) is 16.8 Å². The minimum Gasteiger partial charge on any atom is -0.323 e. The SMILES string of the molecule is Cc1cccc(N(C=S)C2(C(=O)N(C)c3cnc(C#N)c(C(F)(F)F)c3)CCC2)c1. The fourth-order valence-corrected chi connectivity index (χ4v) is 3.95. The van der Waals surface area contributed by atoms with Gasteiger partial charge in [-0.15, -0.1) is 0 Å². The van der Waals surface area contributed by atoms with Crippen LogP contribution < -0.4 is 9.80 Å². The van der Waals surface area contributed by atoms with Crippen LogP contribution in [0.1, 0.15) is 36.1 Å². The molecule has 0 unspecified atom stereocenters. The predicted octanol–water partition coefficient (Wildman–Crippen LogP) is 4.63. The highest BCUT2D eigenvalue weighted by Gasteiger charge is 2.50. The second kappa shape index (κ2) is 8.03. The predicted molar refractivity (Wildman–Crippen MR) is 111 cm³/mol. The number of aryl methyl sites for hydroxylation is 1. The molecule has 0 N–H and O–H groups in total. The summed E-state index contributed by atoms with van der Waals surface area (Å²) in [5, 5.41) is 8.93. The van der Waals surface area contributed by atoms with Crippen LogP contribution in [0.25, 0.3) is 0 Å². The van der Waals surface area contributed by atoms with Crippen LogP contribution >= 0.6 is 12.2 Å². The van der Waals surface area contributed by atoms with Gasteiger partial charge < -0.3 is 9.80 Å². The second-order valence-electron chi connectivity index (χ2n) is 7.26. The zero-order chi connectivity index (χ0) is 22.1. The number of rotatable bonds is 5. The van der Waals surface area contributed by atoms with Crippen LogP contribution in [0, 0.1) is 18.3 Å². The number of carbonyl (C=O) groups excluding carboxylic acids is 1. The van der Waals surface area contributed by atoms with Gasteiger partial charge in [-0.25, -0.2) is 4.98 Å². The molecular weight excluding hydrogens is 413 g/mol. The molecule has 30 heavy (non-hydrogen) atoms. The largest absolute Gasteiger partial charge is 0.419 e. The molecular formula is C21H19F3N4OS. The number of hydrogen-bond acceptors (Lipinski definition) is 4. The first-order valence-corrected chi connectivity index (χ1v) is 9.68. The number of halogens is 3. The molecule has 1 fully saturated rings. The standard InChI is InChI=1S/C21H19F3N4OS/c1-14-5-3-6-15(9-14)28(13-30)20(7-4-8-20)19(29)27(2)16-10-17(21(22,23)24)18(11-25)26-12-16/h3,5-6,9-10,12-13H,4,7-8H2,1-2H3. The zero-order valence-electron chi connectivity index (χ0n) is 16.4. The highest BCUT2D eigenvalue weighted by atomic mass is 32.1. The molecule has 1 heterocycles. The van der Waals surface area contributed by atoms with Crippen molar-refractivity contribution in [1.82, 2.24) is 4.98 Å². The van der Waals surface area contributed by atoms with E-state index in [4.69, 9.17) is 17.5 Å². The van der Waals surface area contributed by atoms with Crippen molar-refractivity contribution in [3.63, 3.8) is 0 Å². The van der Waals surface area contributed by atoms with Crippen molar-refractivity contribution in [3.05, 3.63) is 53.3 Å². The van der Waals surface area contributed by atoms with E-state index >= 15 is 0 Å². The van der Waals surface area contributed by atoms with Crippen molar-refractivity contribution in [1.29, 1.82) is 5.26 Å². The van der Waals surface area contributed by atoms with Gasteiger partial charge in [0.05, 0.1) is 22.9 Å². The van der Waals surface area contributed by atoms with E-state index in [0.717, 1.165) is 34.8 Å². The topological polar surface area (TPSA) is 60.2 Å². The molecule has 9 heteroatoms. The summed E-state index contributed by atoms with van der Waals surface area (Å²) >= 11 is 5.20. The Balaban J connectivity index is 2.00. The molecule has 0 spiro atoms. The van der Waals surface area contributed by atoms with E-state index in [1.807, 2.05) is 31.2 Å². The molecule has 2 aromatic rings. The number of nitrogens with zero attached hydrogens (tertiary/aromatic N) is 4. The molecule has 1 aromatic heterocycles. The van der Waals surface area contributed by atoms with Gasteiger partial charge in [0.2, 0.25) is 0 Å². The molecule has 3 rings (SSSR count). The number of thiocarbonyl (C=S) groups is 1. The minimum absolute atomic E-state index is 0.0360. The Hall–Kier alpha value is -2.99. The molecule has 0 aliphatic heterocycles. The Morgan fingerprint density at radius 3 is 2.50 bits per heavy atom. The van der Waals surface area contributed by atoms with Gasteiger partial charge in [-0.05, 0) is 49.9 Å². The summed E-state index contributed by atoms with van der Waals surface area (Å²) < 4.78 is 39.9. The fraction of sp³-hybridized carbons (Fsp3) is 0.333. The molecule has 156 valence electrons. The van der Waals surface area contributed by atoms with Crippen molar-refractivity contribution in [2.45, 2.75) is 37.9 Å². The van der Waals surface area contributed by atoms with Crippen molar-refractivity contribution >= 4 is 35.0 Å². The van der Waals surface area contributed by atoms with Crippen LogP contribution in [0.3, 0.4) is 0 Å². The first kappa shape index (κ1) is 21.7. The number of aromatic nitrogens is 1. The Morgan fingerprint density at radius 2 is 2.00 bits per heavy atom. The summed E-state index contributed by atoms with van der Waals surface area (Å²) in [4.78, 5) is 20.0. The van der Waals surface area contributed by atoms with E-state index < -0.39 is 23.0 Å². The molecule has 1 saturated carbocycles. The summed E-state index contributed by atoms with van der Waals surface area (Å²) in [7, 11) is 1.41. The van der Waals surface area contributed by atoms with Gasteiger partial charge >= 0.3 is 6.18 Å². The lowest BCUT2D eigenvalue weighted by Gasteiger charge is -2.49. The summed E-state index contributed by atoms with van der Waals surface area (Å²) in [5.74, 6) is -0.379. The second-order valence-corrected chi connectivity index (χ2v) is 7.47. The highest BCUT2D eigenvalue weighted by molar-refractivity contribution is 7.79. The van der Waals surface area contributed by atoms with Crippen LogP contribution in [0.15, 0.2) is 36.5 Å². The number of likely N-dealkylation sites (N-methyl/N-ethyl adjacent to an activating group) is 1. The molecule has 1 amide bonds. The number of amides is 1. The normalized spacial score (nSPS) is 14.9. The molecule has 0 saturated heterocycles. The Morgan fingerprint density at radius 1 is 1.30 bits per heavy atom.